The van der Waals surface area contributed by atoms with Crippen LogP contribution in [0, 0.1) is 6.92 Å². The Balaban J connectivity index is 1.97. The summed E-state index contributed by atoms with van der Waals surface area (Å²) in [5.74, 6) is 1.06. The van der Waals surface area contributed by atoms with E-state index in [1.165, 1.54) is 0 Å². The number of carbonyl (C=O) groups excluding carboxylic acids is 1. The molecule has 3 rings (SSSR count). The number of nitrogens with one attached hydrogen (secondary N) is 3. The van der Waals surface area contributed by atoms with Gasteiger partial charge in [0.1, 0.15) is 0 Å². The van der Waals surface area contributed by atoms with Crippen LogP contribution in [0.15, 0.2) is 29.1 Å². The fraction of sp³-hybridized carbons (Fsp3) is 0.333. The summed E-state index contributed by atoms with van der Waals surface area (Å²) in [5.41, 5.74) is 2.81. The van der Waals surface area contributed by atoms with Crippen LogP contribution >= 0.6 is 0 Å². The fourth-order valence-corrected chi connectivity index (χ4v) is 3.04. The maximum atomic E-state index is 12.9. The molecule has 29 heavy (non-hydrogen) atoms. The zero-order chi connectivity index (χ0) is 21.0. The van der Waals surface area contributed by atoms with Crippen molar-refractivity contribution >= 4 is 22.6 Å². The Morgan fingerprint density at radius 1 is 0.897 bits per heavy atom. The van der Waals surface area contributed by atoms with Gasteiger partial charge in [-0.05, 0) is 57.5 Å². The van der Waals surface area contributed by atoms with Gasteiger partial charge in [0, 0.05) is 11.3 Å². The van der Waals surface area contributed by atoms with Gasteiger partial charge in [-0.25, -0.2) is 4.79 Å². The van der Waals surface area contributed by atoms with E-state index in [1.807, 2.05) is 27.7 Å². The minimum absolute atomic E-state index is 0.294. The van der Waals surface area contributed by atoms with E-state index in [4.69, 9.17) is 14.2 Å². The second-order valence-corrected chi connectivity index (χ2v) is 6.35. The van der Waals surface area contributed by atoms with Crippen molar-refractivity contribution in [2.24, 2.45) is 0 Å². The molecule has 8 heteroatoms. The van der Waals surface area contributed by atoms with Crippen LogP contribution in [0.5, 0.6) is 17.2 Å². The lowest BCUT2D eigenvalue weighted by Gasteiger charge is -2.17. The number of anilines is 1. The lowest BCUT2D eigenvalue weighted by molar-refractivity contribution is 0.102. The first-order chi connectivity index (χ1) is 14.0. The van der Waals surface area contributed by atoms with Gasteiger partial charge in [-0.1, -0.05) is 0 Å². The highest BCUT2D eigenvalue weighted by Crippen LogP contribution is 2.39. The molecule has 0 aliphatic rings. The highest BCUT2D eigenvalue weighted by atomic mass is 16.5. The van der Waals surface area contributed by atoms with Crippen LogP contribution < -0.4 is 25.2 Å². The van der Waals surface area contributed by atoms with Gasteiger partial charge in [-0.2, -0.15) is 0 Å². The lowest BCUT2D eigenvalue weighted by Crippen LogP contribution is -2.14. The van der Waals surface area contributed by atoms with Gasteiger partial charge in [0.25, 0.3) is 5.91 Å². The van der Waals surface area contributed by atoms with Crippen LogP contribution in [0.25, 0.3) is 11.0 Å². The number of H-pyrrole nitrogens is 2. The Labute approximate surface area is 168 Å². The number of amides is 1. The molecular formula is C21H25N3O5. The van der Waals surface area contributed by atoms with E-state index in [9.17, 15) is 9.59 Å². The molecule has 154 valence electrons. The summed E-state index contributed by atoms with van der Waals surface area (Å²) in [5, 5.41) is 2.89. The predicted molar refractivity (Wildman–Crippen MR) is 112 cm³/mol. The zero-order valence-corrected chi connectivity index (χ0v) is 17.0. The van der Waals surface area contributed by atoms with Crippen LogP contribution in [0.1, 0.15) is 36.7 Å². The number of benzene rings is 2. The van der Waals surface area contributed by atoms with E-state index < -0.39 is 0 Å². The Morgan fingerprint density at radius 3 is 2.00 bits per heavy atom. The number of imidazole rings is 1. The summed E-state index contributed by atoms with van der Waals surface area (Å²) < 4.78 is 17.0. The predicted octanol–water partition coefficient (Wildman–Crippen LogP) is 3.61. The van der Waals surface area contributed by atoms with E-state index in [1.54, 1.807) is 24.3 Å². The molecule has 0 atom stereocenters. The van der Waals surface area contributed by atoms with E-state index in [-0.39, 0.29) is 11.6 Å². The zero-order valence-electron chi connectivity index (χ0n) is 17.0. The van der Waals surface area contributed by atoms with Crippen molar-refractivity contribution in [3.05, 3.63) is 45.9 Å². The third kappa shape index (κ3) is 4.37. The molecule has 0 radical (unpaired) electrons. The highest BCUT2D eigenvalue weighted by Gasteiger charge is 2.19. The highest BCUT2D eigenvalue weighted by molar-refractivity contribution is 6.06. The molecule has 0 aliphatic heterocycles. The number of rotatable bonds is 8. The molecule has 0 aliphatic carbocycles. The van der Waals surface area contributed by atoms with Crippen molar-refractivity contribution in [1.29, 1.82) is 0 Å². The number of fused-ring (bicyclic) bond motifs is 1. The van der Waals surface area contributed by atoms with Crippen molar-refractivity contribution in [1.82, 2.24) is 9.97 Å². The molecule has 0 fully saturated rings. The van der Waals surface area contributed by atoms with Gasteiger partial charge in [-0.15, -0.1) is 0 Å². The number of ether oxygens (including phenoxy) is 3. The van der Waals surface area contributed by atoms with Crippen LogP contribution in [-0.2, 0) is 0 Å². The van der Waals surface area contributed by atoms with E-state index in [0.29, 0.717) is 59.4 Å². The van der Waals surface area contributed by atoms with E-state index in [2.05, 4.69) is 15.3 Å². The van der Waals surface area contributed by atoms with Crippen LogP contribution in [0.3, 0.4) is 0 Å². The Hall–Kier alpha value is -3.42. The first kappa shape index (κ1) is 20.3. The number of aryl methyl sites for hydroxylation is 1. The second-order valence-electron chi connectivity index (χ2n) is 6.35. The molecule has 3 N–H and O–H groups in total. The average molecular weight is 399 g/mol. The Kier molecular flexibility index (Phi) is 6.11. The molecule has 0 bridgehead atoms. The number of carbonyl (C=O) groups is 1. The fourth-order valence-electron chi connectivity index (χ4n) is 3.04. The Morgan fingerprint density at radius 2 is 1.45 bits per heavy atom. The third-order valence-corrected chi connectivity index (χ3v) is 4.28. The second kappa shape index (κ2) is 8.72. The maximum Gasteiger partial charge on any atom is 0.323 e. The monoisotopic (exact) mass is 399 g/mol. The van der Waals surface area contributed by atoms with Gasteiger partial charge in [0.05, 0.1) is 30.9 Å². The van der Waals surface area contributed by atoms with Crippen molar-refractivity contribution in [3.8, 4) is 17.2 Å². The van der Waals surface area contributed by atoms with Crippen molar-refractivity contribution in [3.63, 3.8) is 0 Å². The largest absolute Gasteiger partial charge is 0.490 e. The van der Waals surface area contributed by atoms with Crippen molar-refractivity contribution < 1.29 is 19.0 Å². The number of aromatic amines is 2. The minimum atomic E-state index is -0.324. The molecule has 0 saturated carbocycles. The minimum Gasteiger partial charge on any atom is -0.490 e. The van der Waals surface area contributed by atoms with Gasteiger partial charge < -0.3 is 29.5 Å². The molecular weight excluding hydrogens is 374 g/mol. The molecule has 1 aromatic heterocycles. The molecule has 3 aromatic rings. The van der Waals surface area contributed by atoms with Gasteiger partial charge in [0.15, 0.2) is 11.5 Å². The van der Waals surface area contributed by atoms with Crippen LogP contribution in [0.4, 0.5) is 5.69 Å². The molecule has 1 amide bonds. The van der Waals surface area contributed by atoms with Gasteiger partial charge >= 0.3 is 5.69 Å². The summed E-state index contributed by atoms with van der Waals surface area (Å²) in [7, 11) is 0. The first-order valence-electron chi connectivity index (χ1n) is 9.57. The smallest absolute Gasteiger partial charge is 0.323 e. The van der Waals surface area contributed by atoms with Crippen LogP contribution in [-0.4, -0.2) is 35.7 Å². The SMILES string of the molecule is CCOc1cc(C(=O)Nc2cc3[nH]c(=O)[nH]c3cc2C)cc(OCC)c1OCC. The molecule has 8 nitrogen and oxygen atoms in total. The summed E-state index contributed by atoms with van der Waals surface area (Å²) in [4.78, 5) is 29.8. The number of hydrogen-bond donors (Lipinski definition) is 3. The first-order valence-corrected chi connectivity index (χ1v) is 9.57. The summed E-state index contributed by atoms with van der Waals surface area (Å²) >= 11 is 0. The van der Waals surface area contributed by atoms with Crippen LogP contribution in [0.2, 0.25) is 0 Å². The van der Waals surface area contributed by atoms with E-state index in [0.717, 1.165) is 5.56 Å². The van der Waals surface area contributed by atoms with Crippen molar-refractivity contribution in [2.75, 3.05) is 25.1 Å². The summed E-state index contributed by atoms with van der Waals surface area (Å²) in [6.07, 6.45) is 0. The standard InChI is InChI=1S/C21H25N3O5/c1-5-27-17-9-13(10-18(28-6-2)19(17)29-7-3)20(25)22-14-11-16-15(8-12(14)4)23-21(26)24-16/h8-11H,5-7H2,1-4H3,(H,22,25)(H2,23,24,26). The molecule has 0 spiro atoms. The number of hydrogen-bond acceptors (Lipinski definition) is 5. The third-order valence-electron chi connectivity index (χ3n) is 4.28. The number of aromatic nitrogens is 2. The normalized spacial score (nSPS) is 10.8. The quantitative estimate of drug-likeness (QED) is 0.537. The van der Waals surface area contributed by atoms with Gasteiger partial charge in [0.2, 0.25) is 5.75 Å². The molecule has 0 unspecified atom stereocenters. The van der Waals surface area contributed by atoms with E-state index >= 15 is 0 Å². The lowest BCUT2D eigenvalue weighted by atomic mass is 10.1. The average Bonchev–Trinajstić information content (AvgIpc) is 3.03. The van der Waals surface area contributed by atoms with Crippen molar-refractivity contribution in [2.45, 2.75) is 27.7 Å². The molecule has 2 aromatic carbocycles. The summed E-state index contributed by atoms with van der Waals surface area (Å²) in [6, 6.07) is 6.80. The topological polar surface area (TPSA) is 105 Å². The maximum absolute atomic E-state index is 12.9. The Bertz CT molecular complexity index is 1060. The summed E-state index contributed by atoms with van der Waals surface area (Å²) in [6.45, 7) is 8.74. The molecule has 1 heterocycles. The molecule has 0 saturated heterocycles. The van der Waals surface area contributed by atoms with Gasteiger partial charge in [-0.3, -0.25) is 4.79 Å².